The van der Waals surface area contributed by atoms with Crippen LogP contribution in [0.3, 0.4) is 0 Å². The van der Waals surface area contributed by atoms with Crippen molar-refractivity contribution in [3.63, 3.8) is 0 Å². The van der Waals surface area contributed by atoms with Crippen LogP contribution in [0.5, 0.6) is 0 Å². The Hall–Kier alpha value is -2.69. The Morgan fingerprint density at radius 3 is 2.58 bits per heavy atom. The molecule has 0 unspecified atom stereocenters. The van der Waals surface area contributed by atoms with Crippen LogP contribution in [0.15, 0.2) is 54.2 Å². The number of nitrogens with zero attached hydrogens (tertiary/aromatic N) is 4. The zero-order valence-electron chi connectivity index (χ0n) is 18.0. The van der Waals surface area contributed by atoms with Gasteiger partial charge in [0.25, 0.3) is 5.91 Å². The number of carbonyl (C=O) groups excluding carboxylic acids is 1. The summed E-state index contributed by atoms with van der Waals surface area (Å²) >= 11 is 1.40. The number of amides is 1. The van der Waals surface area contributed by atoms with Gasteiger partial charge in [-0.1, -0.05) is 18.2 Å². The molecule has 2 aromatic heterocycles. The maximum atomic E-state index is 13.2. The van der Waals surface area contributed by atoms with Crippen LogP contribution in [0.1, 0.15) is 26.6 Å². The van der Waals surface area contributed by atoms with Gasteiger partial charge in [-0.25, -0.2) is 4.98 Å². The second-order valence-corrected chi connectivity index (χ2v) is 8.77. The fourth-order valence-corrected chi connectivity index (χ4v) is 4.39. The van der Waals surface area contributed by atoms with Gasteiger partial charge >= 0.3 is 6.18 Å². The lowest BCUT2D eigenvalue weighted by Gasteiger charge is -2.30. The Balaban J connectivity index is 1.47. The molecule has 176 valence electrons. The number of rotatable bonds is 8. The van der Waals surface area contributed by atoms with Gasteiger partial charge in [0.1, 0.15) is 5.82 Å². The number of aromatic nitrogens is 2. The van der Waals surface area contributed by atoms with E-state index in [4.69, 9.17) is 4.74 Å². The summed E-state index contributed by atoms with van der Waals surface area (Å²) in [4.78, 5) is 22.3. The molecular weight excluding hydrogens is 453 g/mol. The van der Waals surface area contributed by atoms with Crippen molar-refractivity contribution in [1.82, 2.24) is 19.4 Å². The number of halogens is 3. The summed E-state index contributed by atoms with van der Waals surface area (Å²) in [5.41, 5.74) is 0.0552. The van der Waals surface area contributed by atoms with Crippen LogP contribution in [-0.4, -0.2) is 64.7 Å². The molecule has 1 fully saturated rings. The van der Waals surface area contributed by atoms with Gasteiger partial charge in [-0.2, -0.15) is 13.2 Å². The van der Waals surface area contributed by atoms with Crippen LogP contribution in [-0.2, 0) is 24.0 Å². The van der Waals surface area contributed by atoms with E-state index in [1.165, 1.54) is 23.5 Å². The van der Waals surface area contributed by atoms with E-state index in [2.05, 4.69) is 9.88 Å². The maximum absolute atomic E-state index is 13.2. The highest BCUT2D eigenvalue weighted by Gasteiger charge is 2.30. The first kappa shape index (κ1) is 23.5. The van der Waals surface area contributed by atoms with Crippen LogP contribution >= 0.6 is 11.3 Å². The van der Waals surface area contributed by atoms with E-state index in [1.807, 2.05) is 22.1 Å². The van der Waals surface area contributed by atoms with E-state index in [0.717, 1.165) is 37.3 Å². The second kappa shape index (κ2) is 10.5. The average molecular weight is 479 g/mol. The monoisotopic (exact) mass is 478 g/mol. The van der Waals surface area contributed by atoms with Crippen molar-refractivity contribution in [2.75, 3.05) is 39.4 Å². The molecule has 6 nitrogen and oxygen atoms in total. The molecule has 0 radical (unpaired) electrons. The molecule has 1 saturated heterocycles. The van der Waals surface area contributed by atoms with Crippen LogP contribution in [0.25, 0.3) is 0 Å². The molecule has 3 aromatic rings. The number of carbonyl (C=O) groups is 1. The number of thiophene rings is 1. The average Bonchev–Trinajstić information content (AvgIpc) is 3.49. The number of ether oxygens (including phenoxy) is 1. The number of imidazole rings is 1. The van der Waals surface area contributed by atoms with E-state index in [9.17, 15) is 18.0 Å². The highest BCUT2D eigenvalue weighted by molar-refractivity contribution is 7.12. The van der Waals surface area contributed by atoms with E-state index < -0.39 is 11.7 Å². The fraction of sp³-hybridized carbons (Fsp3) is 0.391. The Morgan fingerprint density at radius 1 is 1.15 bits per heavy atom. The quantitative estimate of drug-likeness (QED) is 0.492. The number of alkyl halides is 3. The van der Waals surface area contributed by atoms with Gasteiger partial charge in [0, 0.05) is 45.1 Å². The lowest BCUT2D eigenvalue weighted by atomic mass is 10.1. The lowest BCUT2D eigenvalue weighted by Crippen LogP contribution is -2.43. The molecule has 33 heavy (non-hydrogen) atoms. The highest BCUT2D eigenvalue weighted by Crippen LogP contribution is 2.29. The number of hydrogen-bond donors (Lipinski definition) is 0. The minimum Gasteiger partial charge on any atom is -0.379 e. The number of morpholine rings is 1. The molecule has 4 rings (SSSR count). The SMILES string of the molecule is O=C(c1cccs1)N(CCN1CCOCC1)Cc1nccn1Cc1ccc(C(F)(F)F)cc1. The van der Waals surface area contributed by atoms with Gasteiger partial charge in [-0.15, -0.1) is 11.3 Å². The van der Waals surface area contributed by atoms with E-state index >= 15 is 0 Å². The number of hydrogen-bond acceptors (Lipinski definition) is 5. The summed E-state index contributed by atoms with van der Waals surface area (Å²) in [6.45, 7) is 5.02. The predicted octanol–water partition coefficient (Wildman–Crippen LogP) is 3.99. The van der Waals surface area contributed by atoms with Crippen molar-refractivity contribution >= 4 is 17.2 Å². The minimum absolute atomic E-state index is 0.0534. The molecule has 1 amide bonds. The zero-order valence-corrected chi connectivity index (χ0v) is 18.8. The molecule has 1 aromatic carbocycles. The van der Waals surface area contributed by atoms with E-state index in [1.54, 1.807) is 17.3 Å². The molecule has 1 aliphatic heterocycles. The van der Waals surface area contributed by atoms with E-state index in [-0.39, 0.29) is 5.91 Å². The second-order valence-electron chi connectivity index (χ2n) is 7.82. The summed E-state index contributed by atoms with van der Waals surface area (Å²) in [6, 6.07) is 8.77. The number of benzene rings is 1. The highest BCUT2D eigenvalue weighted by atomic mass is 32.1. The van der Waals surface area contributed by atoms with Crippen LogP contribution < -0.4 is 0 Å². The van der Waals surface area contributed by atoms with Crippen LogP contribution in [0, 0.1) is 0 Å². The smallest absolute Gasteiger partial charge is 0.379 e. The van der Waals surface area contributed by atoms with Gasteiger partial charge in [-0.3, -0.25) is 9.69 Å². The molecule has 0 N–H and O–H groups in total. The largest absolute Gasteiger partial charge is 0.416 e. The van der Waals surface area contributed by atoms with Gasteiger partial charge in [-0.05, 0) is 29.1 Å². The first-order chi connectivity index (χ1) is 15.9. The summed E-state index contributed by atoms with van der Waals surface area (Å²) in [7, 11) is 0. The van der Waals surface area contributed by atoms with Crippen molar-refractivity contribution in [2.45, 2.75) is 19.3 Å². The van der Waals surface area contributed by atoms with Gasteiger partial charge < -0.3 is 14.2 Å². The molecule has 1 aliphatic rings. The normalized spacial score (nSPS) is 15.0. The van der Waals surface area contributed by atoms with Crippen LogP contribution in [0.4, 0.5) is 13.2 Å². The summed E-state index contributed by atoms with van der Waals surface area (Å²) in [6.07, 6.45) is -0.931. The summed E-state index contributed by atoms with van der Waals surface area (Å²) in [5, 5.41) is 1.87. The van der Waals surface area contributed by atoms with Crippen molar-refractivity contribution in [3.05, 3.63) is 76.0 Å². The molecule has 0 aliphatic carbocycles. The topological polar surface area (TPSA) is 50.6 Å². The summed E-state index contributed by atoms with van der Waals surface area (Å²) in [5.74, 6) is 0.629. The molecule has 3 heterocycles. The van der Waals surface area contributed by atoms with Crippen molar-refractivity contribution in [3.8, 4) is 0 Å². The Labute approximate surface area is 194 Å². The molecule has 0 atom stereocenters. The van der Waals surface area contributed by atoms with Gasteiger partial charge in [0.15, 0.2) is 0 Å². The molecule has 10 heteroatoms. The fourth-order valence-electron chi connectivity index (χ4n) is 3.70. The standard InChI is InChI=1S/C23H25F3N4O2S/c24-23(25,26)19-5-3-18(4-6-19)16-29-8-7-27-21(29)17-30(22(31)20-2-1-15-33-20)10-9-28-11-13-32-14-12-28/h1-8,15H,9-14,16-17H2. The van der Waals surface area contributed by atoms with Gasteiger partial charge in [0.2, 0.25) is 0 Å². The van der Waals surface area contributed by atoms with E-state index in [0.29, 0.717) is 43.5 Å². The van der Waals surface area contributed by atoms with Crippen LogP contribution in [0.2, 0.25) is 0 Å². The zero-order chi connectivity index (χ0) is 23.3. The Morgan fingerprint density at radius 2 is 1.91 bits per heavy atom. The predicted molar refractivity (Wildman–Crippen MR) is 119 cm³/mol. The molecule has 0 saturated carbocycles. The van der Waals surface area contributed by atoms with Gasteiger partial charge in [0.05, 0.1) is 30.2 Å². The third kappa shape index (κ3) is 6.21. The minimum atomic E-state index is -4.36. The third-order valence-electron chi connectivity index (χ3n) is 5.58. The molecule has 0 bridgehead atoms. The molecule has 0 spiro atoms. The Bertz CT molecular complexity index is 1030. The van der Waals surface area contributed by atoms with Crippen molar-refractivity contribution in [2.24, 2.45) is 0 Å². The Kier molecular flexibility index (Phi) is 7.46. The van der Waals surface area contributed by atoms with Crippen molar-refractivity contribution in [1.29, 1.82) is 0 Å². The maximum Gasteiger partial charge on any atom is 0.416 e. The first-order valence-corrected chi connectivity index (χ1v) is 11.6. The van der Waals surface area contributed by atoms with Crippen molar-refractivity contribution < 1.29 is 22.7 Å². The summed E-state index contributed by atoms with van der Waals surface area (Å²) < 4.78 is 45.8. The molecular formula is C23H25F3N4O2S. The third-order valence-corrected chi connectivity index (χ3v) is 6.44. The first-order valence-electron chi connectivity index (χ1n) is 10.7. The lowest BCUT2D eigenvalue weighted by molar-refractivity contribution is -0.137.